The second-order valence-electron chi connectivity index (χ2n) is 5.40. The summed E-state index contributed by atoms with van der Waals surface area (Å²) in [6, 6.07) is 4.79. The molecule has 1 aliphatic heterocycles. The average Bonchev–Trinajstić information content (AvgIpc) is 2.81. The number of likely N-dealkylation sites (N-methyl/N-ethyl adjacent to an activating group) is 1. The van der Waals surface area contributed by atoms with Crippen molar-refractivity contribution in [1.82, 2.24) is 10.2 Å². The maximum atomic E-state index is 12.1. The number of benzene rings is 1. The van der Waals surface area contributed by atoms with Gasteiger partial charge in [0.05, 0.1) is 11.3 Å². The lowest BCUT2D eigenvalue weighted by Gasteiger charge is -2.12. The van der Waals surface area contributed by atoms with Crippen molar-refractivity contribution in [2.75, 3.05) is 7.05 Å². The number of carboxylic acids is 1. The van der Waals surface area contributed by atoms with Crippen LogP contribution in [0, 0.1) is 0 Å². The highest BCUT2D eigenvalue weighted by Gasteiger charge is 2.28. The van der Waals surface area contributed by atoms with Crippen molar-refractivity contribution in [1.29, 1.82) is 0 Å². The zero-order valence-corrected chi connectivity index (χ0v) is 15.2. The Balaban J connectivity index is 2.10. The minimum atomic E-state index is -1.40. The van der Waals surface area contributed by atoms with Gasteiger partial charge < -0.3 is 16.2 Å². The molecule has 0 aromatic heterocycles. The topological polar surface area (TPSA) is 130 Å². The number of hydrogen-bond donors (Lipinski definition) is 3. The molecule has 26 heavy (non-hydrogen) atoms. The number of hydrogen-bond acceptors (Lipinski definition) is 6. The minimum Gasteiger partial charge on any atom is -0.480 e. The summed E-state index contributed by atoms with van der Waals surface area (Å²) in [5.74, 6) is -3.03. The molecule has 0 spiro atoms. The molecule has 1 unspecified atom stereocenters. The molecule has 1 aromatic carbocycles. The molecular formula is C16H15N3O5S2. The number of rotatable bonds is 6. The summed E-state index contributed by atoms with van der Waals surface area (Å²) in [4.78, 5) is 47.8. The number of carbonyl (C=O) groups excluding carboxylic acids is 3. The second-order valence-corrected chi connectivity index (χ2v) is 7.07. The molecule has 4 N–H and O–H groups in total. The van der Waals surface area contributed by atoms with Gasteiger partial charge in [0, 0.05) is 12.6 Å². The van der Waals surface area contributed by atoms with Crippen LogP contribution in [-0.2, 0) is 14.4 Å². The number of nitrogens with zero attached hydrogens (tertiary/aromatic N) is 1. The fourth-order valence-electron chi connectivity index (χ4n) is 2.07. The van der Waals surface area contributed by atoms with E-state index in [1.807, 2.05) is 0 Å². The molecular weight excluding hydrogens is 378 g/mol. The summed E-state index contributed by atoms with van der Waals surface area (Å²) >= 11 is 6.24. The Morgan fingerprint density at radius 3 is 2.42 bits per heavy atom. The van der Waals surface area contributed by atoms with Gasteiger partial charge in [0.15, 0.2) is 0 Å². The number of primary amides is 1. The summed E-state index contributed by atoms with van der Waals surface area (Å²) in [5.41, 5.74) is 5.86. The Morgan fingerprint density at radius 1 is 1.35 bits per heavy atom. The summed E-state index contributed by atoms with van der Waals surface area (Å²) < 4.78 is 0.464. The first-order valence-electron chi connectivity index (χ1n) is 7.32. The molecule has 10 heteroatoms. The molecule has 2 rings (SSSR count). The highest BCUT2D eigenvalue weighted by atomic mass is 32.2. The second kappa shape index (κ2) is 8.11. The Hall–Kier alpha value is -2.72. The number of carbonyl (C=O) groups is 4. The van der Waals surface area contributed by atoms with Gasteiger partial charge in [-0.15, -0.1) is 0 Å². The minimum absolute atomic E-state index is 0.197. The van der Waals surface area contributed by atoms with Crippen molar-refractivity contribution in [3.8, 4) is 0 Å². The molecule has 1 aliphatic rings. The van der Waals surface area contributed by atoms with Crippen molar-refractivity contribution in [2.24, 2.45) is 5.73 Å². The number of amides is 3. The number of aliphatic carboxylic acids is 1. The zero-order chi connectivity index (χ0) is 19.4. The standard InChI is InChI=1S/C16H15N3O5S2/c1-19-14(22)11(26-16(19)25)6-8-2-4-9(5-3-8)13(21)18-10(15(23)24)7-12(17)20/h2-6,10H,7H2,1H3,(H2,17,20)(H,18,21)(H,23,24)/b11-6-. The molecule has 1 saturated heterocycles. The summed E-state index contributed by atoms with van der Waals surface area (Å²) in [5, 5.41) is 11.2. The Bertz CT molecular complexity index is 820. The van der Waals surface area contributed by atoms with Crippen LogP contribution in [0.3, 0.4) is 0 Å². The lowest BCUT2D eigenvalue weighted by atomic mass is 10.1. The van der Waals surface area contributed by atoms with Gasteiger partial charge in [-0.05, 0) is 23.8 Å². The van der Waals surface area contributed by atoms with Gasteiger partial charge in [-0.1, -0.05) is 36.1 Å². The van der Waals surface area contributed by atoms with E-state index < -0.39 is 30.2 Å². The van der Waals surface area contributed by atoms with Crippen LogP contribution < -0.4 is 11.1 Å². The van der Waals surface area contributed by atoms with Crippen LogP contribution in [0.5, 0.6) is 0 Å². The molecule has 0 saturated carbocycles. The average molecular weight is 393 g/mol. The van der Waals surface area contributed by atoms with Crippen LogP contribution in [0.4, 0.5) is 0 Å². The van der Waals surface area contributed by atoms with Crippen molar-refractivity contribution in [2.45, 2.75) is 12.5 Å². The first-order chi connectivity index (χ1) is 12.2. The molecule has 1 aromatic rings. The third-order valence-electron chi connectivity index (χ3n) is 3.47. The molecule has 136 valence electrons. The third-order valence-corrected chi connectivity index (χ3v) is 4.95. The van der Waals surface area contributed by atoms with Gasteiger partial charge in [-0.25, -0.2) is 4.79 Å². The molecule has 0 aliphatic carbocycles. The van der Waals surface area contributed by atoms with Crippen LogP contribution in [0.15, 0.2) is 29.2 Å². The predicted molar refractivity (Wildman–Crippen MR) is 100 cm³/mol. The van der Waals surface area contributed by atoms with Gasteiger partial charge in [-0.2, -0.15) is 0 Å². The van der Waals surface area contributed by atoms with E-state index in [2.05, 4.69) is 5.32 Å². The quantitative estimate of drug-likeness (QED) is 0.476. The van der Waals surface area contributed by atoms with E-state index >= 15 is 0 Å². The summed E-state index contributed by atoms with van der Waals surface area (Å²) in [7, 11) is 1.59. The molecule has 1 heterocycles. The lowest BCUT2D eigenvalue weighted by molar-refractivity contribution is -0.140. The third kappa shape index (κ3) is 4.67. The van der Waals surface area contributed by atoms with Crippen molar-refractivity contribution in [3.63, 3.8) is 0 Å². The molecule has 1 fully saturated rings. The van der Waals surface area contributed by atoms with E-state index in [9.17, 15) is 19.2 Å². The van der Waals surface area contributed by atoms with Gasteiger partial charge in [0.25, 0.3) is 11.8 Å². The summed E-state index contributed by atoms with van der Waals surface area (Å²) in [6.45, 7) is 0. The Kier molecular flexibility index (Phi) is 6.11. The zero-order valence-electron chi connectivity index (χ0n) is 13.6. The fraction of sp³-hybridized carbons (Fsp3) is 0.188. The number of nitrogens with two attached hydrogens (primary N) is 1. The highest BCUT2D eigenvalue weighted by Crippen LogP contribution is 2.31. The lowest BCUT2D eigenvalue weighted by Crippen LogP contribution is -2.43. The van der Waals surface area contributed by atoms with E-state index in [-0.39, 0.29) is 11.5 Å². The molecule has 8 nitrogen and oxygen atoms in total. The smallest absolute Gasteiger partial charge is 0.326 e. The van der Waals surface area contributed by atoms with Gasteiger partial charge in [0.2, 0.25) is 5.91 Å². The van der Waals surface area contributed by atoms with Crippen molar-refractivity contribution >= 4 is 58.1 Å². The predicted octanol–water partition coefficient (Wildman–Crippen LogP) is 0.576. The van der Waals surface area contributed by atoms with E-state index in [0.717, 1.165) is 0 Å². The van der Waals surface area contributed by atoms with Gasteiger partial charge >= 0.3 is 5.97 Å². The monoisotopic (exact) mass is 393 g/mol. The van der Waals surface area contributed by atoms with E-state index in [1.54, 1.807) is 25.3 Å². The van der Waals surface area contributed by atoms with Crippen LogP contribution in [-0.4, -0.2) is 51.1 Å². The largest absolute Gasteiger partial charge is 0.480 e. The molecule has 3 amide bonds. The van der Waals surface area contributed by atoms with Gasteiger partial charge in [-0.3, -0.25) is 19.3 Å². The maximum absolute atomic E-state index is 12.1. The number of thiocarbonyl (C=S) groups is 1. The van der Waals surface area contributed by atoms with Crippen molar-refractivity contribution in [3.05, 3.63) is 40.3 Å². The first kappa shape index (κ1) is 19.6. The number of carboxylic acid groups (broad SMARTS) is 1. The van der Waals surface area contributed by atoms with Crippen molar-refractivity contribution < 1.29 is 24.3 Å². The number of thioether (sulfide) groups is 1. The van der Waals surface area contributed by atoms with Gasteiger partial charge in [0.1, 0.15) is 10.4 Å². The van der Waals surface area contributed by atoms with Crippen LogP contribution in [0.2, 0.25) is 0 Å². The van der Waals surface area contributed by atoms with E-state index in [1.165, 1.54) is 28.8 Å². The molecule has 1 atom stereocenters. The van der Waals surface area contributed by atoms with Crippen LogP contribution in [0.25, 0.3) is 6.08 Å². The SMILES string of the molecule is CN1C(=O)/C(=C/c2ccc(C(=O)NC(CC(N)=O)C(=O)O)cc2)SC1=S. The Labute approximate surface area is 158 Å². The molecule has 0 bridgehead atoms. The van der Waals surface area contributed by atoms with E-state index in [4.69, 9.17) is 23.1 Å². The highest BCUT2D eigenvalue weighted by molar-refractivity contribution is 8.26. The summed E-state index contributed by atoms with van der Waals surface area (Å²) in [6.07, 6.45) is 1.15. The maximum Gasteiger partial charge on any atom is 0.326 e. The van der Waals surface area contributed by atoms with Crippen LogP contribution in [0.1, 0.15) is 22.3 Å². The fourth-order valence-corrected chi connectivity index (χ4v) is 3.25. The molecule has 0 radical (unpaired) electrons. The first-order valence-corrected chi connectivity index (χ1v) is 8.55. The Morgan fingerprint density at radius 2 is 1.96 bits per heavy atom. The van der Waals surface area contributed by atoms with E-state index in [0.29, 0.717) is 14.8 Å². The number of nitrogens with one attached hydrogen (secondary N) is 1. The normalized spacial score (nSPS) is 16.7. The van der Waals surface area contributed by atoms with Crippen LogP contribution >= 0.6 is 24.0 Å².